The van der Waals surface area contributed by atoms with Gasteiger partial charge in [-0.2, -0.15) is 0 Å². The first-order chi connectivity index (χ1) is 9.69. The Morgan fingerprint density at radius 2 is 1.70 bits per heavy atom. The van der Waals surface area contributed by atoms with Crippen molar-refractivity contribution in [2.45, 2.75) is 79.1 Å². The number of fused-ring (bicyclic) bond motifs is 6. The predicted molar refractivity (Wildman–Crippen MR) is 75.5 cm³/mol. The number of hydrogen-bond acceptors (Lipinski definition) is 5. The van der Waals surface area contributed by atoms with E-state index in [-0.39, 0.29) is 24.6 Å². The van der Waals surface area contributed by atoms with Crippen LogP contribution in [0, 0.1) is 0 Å². The minimum atomic E-state index is -3.08. The van der Waals surface area contributed by atoms with Gasteiger partial charge in [0.2, 0.25) is 0 Å². The van der Waals surface area contributed by atoms with Gasteiger partial charge in [0.25, 0.3) is 0 Å². The Balaban J connectivity index is 1.78. The van der Waals surface area contributed by atoms with Crippen LogP contribution in [-0.4, -0.2) is 61.6 Å². The van der Waals surface area contributed by atoms with E-state index in [4.69, 9.17) is 15.6 Å². The summed E-state index contributed by atoms with van der Waals surface area (Å²) in [4.78, 5) is 0. The van der Waals surface area contributed by atoms with Crippen molar-refractivity contribution in [2.75, 3.05) is 6.61 Å². The van der Waals surface area contributed by atoms with E-state index < -0.39 is 25.3 Å². The number of unbranched alkanes of at least 4 members (excludes halogenated alkanes) is 2. The van der Waals surface area contributed by atoms with Gasteiger partial charge < -0.3 is 0 Å². The molecule has 3 fully saturated rings. The predicted octanol–water partition coefficient (Wildman–Crippen LogP) is 1.93. The fraction of sp³-hybridized carbons (Fsp3) is 1.00. The van der Waals surface area contributed by atoms with Crippen molar-refractivity contribution in [3.05, 3.63) is 0 Å². The molecule has 0 aromatic rings. The summed E-state index contributed by atoms with van der Waals surface area (Å²) in [6.07, 6.45) is 3.02. The van der Waals surface area contributed by atoms with Crippen molar-refractivity contribution in [1.29, 1.82) is 0 Å². The maximum absolute atomic E-state index is 10.4. The zero-order valence-electron chi connectivity index (χ0n) is 12.4. The van der Waals surface area contributed by atoms with Crippen LogP contribution in [0.4, 0.5) is 0 Å². The number of aliphatic hydroxyl groups excluding tert-OH is 1. The van der Waals surface area contributed by atoms with Crippen molar-refractivity contribution >= 4 is 19.2 Å². The van der Waals surface area contributed by atoms with Crippen LogP contribution in [0.2, 0.25) is 8.87 Å². The molecule has 0 aromatic carbocycles. The molecule has 116 valence electrons. The summed E-state index contributed by atoms with van der Waals surface area (Å²) in [5, 5.41) is 10.4. The van der Waals surface area contributed by atoms with Crippen LogP contribution in [0.5, 0.6) is 0 Å². The first-order valence-electron chi connectivity index (χ1n) is 8.00. The SMILES string of the molecule is CCC[CH2][Sn]1([CH2]CCC)[O]C2[C@@H]3OC[C@@H](O3)C([O]1)[C@@H]2O. The summed E-state index contributed by atoms with van der Waals surface area (Å²) in [5.41, 5.74) is 0. The summed E-state index contributed by atoms with van der Waals surface area (Å²) < 4.78 is 26.3. The van der Waals surface area contributed by atoms with E-state index >= 15 is 0 Å². The van der Waals surface area contributed by atoms with Crippen molar-refractivity contribution in [3.63, 3.8) is 0 Å². The molecule has 0 radical (unpaired) electrons. The van der Waals surface area contributed by atoms with Gasteiger partial charge in [-0.25, -0.2) is 0 Å². The number of ether oxygens (including phenoxy) is 2. The third-order valence-electron chi connectivity index (χ3n) is 4.57. The molecule has 1 N–H and O–H groups in total. The Kier molecular flexibility index (Phi) is 4.94. The van der Waals surface area contributed by atoms with Gasteiger partial charge >= 0.3 is 126 Å². The van der Waals surface area contributed by atoms with Crippen LogP contribution < -0.4 is 0 Å². The van der Waals surface area contributed by atoms with E-state index in [1.165, 1.54) is 0 Å². The fourth-order valence-corrected chi connectivity index (χ4v) is 15.1. The van der Waals surface area contributed by atoms with Crippen molar-refractivity contribution in [3.8, 4) is 0 Å². The number of rotatable bonds is 6. The Morgan fingerprint density at radius 3 is 2.35 bits per heavy atom. The van der Waals surface area contributed by atoms with Crippen molar-refractivity contribution in [2.24, 2.45) is 0 Å². The van der Waals surface area contributed by atoms with Gasteiger partial charge in [0.1, 0.15) is 0 Å². The molecule has 3 heterocycles. The quantitative estimate of drug-likeness (QED) is 0.700. The van der Waals surface area contributed by atoms with Gasteiger partial charge in [-0.1, -0.05) is 0 Å². The van der Waals surface area contributed by atoms with Crippen LogP contribution in [0.25, 0.3) is 0 Å². The molecule has 0 saturated carbocycles. The summed E-state index contributed by atoms with van der Waals surface area (Å²) in [5.74, 6) is 0. The van der Waals surface area contributed by atoms with Gasteiger partial charge in [0.05, 0.1) is 0 Å². The molecule has 6 heteroatoms. The topological polar surface area (TPSA) is 57.2 Å². The average Bonchev–Trinajstić information content (AvgIpc) is 2.91. The average molecular weight is 393 g/mol. The normalized spacial score (nSPS) is 41.9. The van der Waals surface area contributed by atoms with Gasteiger partial charge in [0.15, 0.2) is 0 Å². The van der Waals surface area contributed by atoms with Gasteiger partial charge in [-0.05, 0) is 0 Å². The van der Waals surface area contributed by atoms with E-state index in [1.807, 2.05) is 0 Å². The van der Waals surface area contributed by atoms with Gasteiger partial charge in [-0.15, -0.1) is 0 Å². The molecule has 0 amide bonds. The number of hydrogen-bond donors (Lipinski definition) is 1. The van der Waals surface area contributed by atoms with E-state index in [9.17, 15) is 5.11 Å². The zero-order chi connectivity index (χ0) is 14.2. The second-order valence-corrected chi connectivity index (χ2v) is 15.5. The second kappa shape index (κ2) is 6.38. The van der Waals surface area contributed by atoms with E-state index in [1.54, 1.807) is 0 Å². The molecule has 5 atom stereocenters. The molecule has 5 nitrogen and oxygen atoms in total. The summed E-state index contributed by atoms with van der Waals surface area (Å²) in [6.45, 7) is 4.93. The third-order valence-corrected chi connectivity index (χ3v) is 14.9. The van der Waals surface area contributed by atoms with Crippen LogP contribution in [-0.2, 0) is 15.6 Å². The molecule has 3 aliphatic rings. The minimum absolute atomic E-state index is 0.102. The van der Waals surface area contributed by atoms with Gasteiger partial charge in [0, 0.05) is 0 Å². The molecular formula is C14H26O5Sn. The van der Waals surface area contributed by atoms with E-state index in [0.29, 0.717) is 6.61 Å². The van der Waals surface area contributed by atoms with Crippen molar-refractivity contribution in [1.82, 2.24) is 0 Å². The standard InChI is InChI=1S/C6H8O5.2C4H9.Sn/c7-3-2-1-10-6(11-2)5(9)4(3)8;2*1-3-4-2;/h2-6,8H,1H2;2*1,3-4H2,2H3;/q-2;;;+2/t2-,3?,4+,5?,6-;;;/m1.../s1. The second-order valence-electron chi connectivity index (χ2n) is 6.15. The first kappa shape index (κ1) is 15.5. The summed E-state index contributed by atoms with van der Waals surface area (Å²) >= 11 is -3.08. The Morgan fingerprint density at radius 1 is 1.05 bits per heavy atom. The maximum atomic E-state index is 10.4. The monoisotopic (exact) mass is 394 g/mol. The molecule has 0 aliphatic carbocycles. The Labute approximate surface area is 125 Å². The van der Waals surface area contributed by atoms with Crippen molar-refractivity contribution < 1.29 is 20.7 Å². The molecule has 4 bridgehead atoms. The molecule has 2 unspecified atom stereocenters. The molecule has 3 saturated heterocycles. The van der Waals surface area contributed by atoms with Crippen LogP contribution in [0.1, 0.15) is 39.5 Å². The summed E-state index contributed by atoms with van der Waals surface area (Å²) in [7, 11) is 0. The molecule has 3 rings (SSSR count). The van der Waals surface area contributed by atoms with E-state index in [0.717, 1.165) is 34.6 Å². The van der Waals surface area contributed by atoms with Crippen LogP contribution >= 0.6 is 0 Å². The Bertz CT molecular complexity index is 310. The fourth-order valence-electron chi connectivity index (χ4n) is 3.40. The molecule has 20 heavy (non-hydrogen) atoms. The van der Waals surface area contributed by atoms with Crippen LogP contribution in [0.3, 0.4) is 0 Å². The zero-order valence-corrected chi connectivity index (χ0v) is 15.3. The number of aliphatic hydroxyl groups is 1. The summed E-state index contributed by atoms with van der Waals surface area (Å²) in [6, 6.07) is 0. The molecular weight excluding hydrogens is 367 g/mol. The Hall–Kier alpha value is 0.599. The van der Waals surface area contributed by atoms with Crippen LogP contribution in [0.15, 0.2) is 0 Å². The first-order valence-corrected chi connectivity index (χ1v) is 14.4. The third kappa shape index (κ3) is 2.77. The van der Waals surface area contributed by atoms with Gasteiger partial charge in [-0.3, -0.25) is 0 Å². The molecule has 0 aromatic heterocycles. The molecule has 3 aliphatic heterocycles. The van der Waals surface area contributed by atoms with E-state index in [2.05, 4.69) is 13.8 Å². The molecule has 0 spiro atoms.